The number of β-amino-alcohol motifs (C(OH)–C–C–N with tert-alkyl or cyclic N) is 1. The van der Waals surface area contributed by atoms with E-state index in [0.717, 1.165) is 42.3 Å². The summed E-state index contributed by atoms with van der Waals surface area (Å²) in [5.74, 6) is -0.0585. The van der Waals surface area contributed by atoms with E-state index in [-0.39, 0.29) is 29.4 Å². The quantitative estimate of drug-likeness (QED) is 0.381. The van der Waals surface area contributed by atoms with Gasteiger partial charge in [0.1, 0.15) is 29.8 Å². The molecule has 7 rings (SSSR count). The van der Waals surface area contributed by atoms with Crippen molar-refractivity contribution in [3.05, 3.63) is 35.4 Å². The number of nitrogens with one attached hydrogen (secondary N) is 1. The molecule has 0 spiro atoms. The summed E-state index contributed by atoms with van der Waals surface area (Å²) < 4.78 is 37.2. The zero-order valence-corrected chi connectivity index (χ0v) is 22.8. The third kappa shape index (κ3) is 4.09. The lowest BCUT2D eigenvalue weighted by molar-refractivity contribution is 0.107. The number of nitrogens with zero attached hydrogens (tertiary/aromatic N) is 6. The Kier molecular flexibility index (Phi) is 6.12. The van der Waals surface area contributed by atoms with Crippen LogP contribution in [0.25, 0.3) is 33.1 Å². The fraction of sp³-hybridized carbons (Fsp3) is 0.517. The molecule has 40 heavy (non-hydrogen) atoms. The van der Waals surface area contributed by atoms with Crippen molar-refractivity contribution in [2.45, 2.75) is 63.8 Å². The molecular formula is C29H33F2N7O2. The maximum absolute atomic E-state index is 16.6. The molecule has 4 aromatic rings. The lowest BCUT2D eigenvalue weighted by Gasteiger charge is -2.33. The molecule has 0 aliphatic carbocycles. The Morgan fingerprint density at radius 3 is 2.88 bits per heavy atom. The smallest absolute Gasteiger partial charge is 0.319 e. The van der Waals surface area contributed by atoms with Crippen LogP contribution in [0, 0.1) is 19.7 Å². The van der Waals surface area contributed by atoms with Crippen LogP contribution >= 0.6 is 0 Å². The molecule has 0 saturated carbocycles. The van der Waals surface area contributed by atoms with Crippen molar-refractivity contribution in [2.75, 3.05) is 37.7 Å². The summed E-state index contributed by atoms with van der Waals surface area (Å²) in [6, 6.07) is 3.88. The van der Waals surface area contributed by atoms with Crippen molar-refractivity contribution >= 4 is 27.6 Å². The zero-order valence-electron chi connectivity index (χ0n) is 22.8. The molecule has 11 heteroatoms. The van der Waals surface area contributed by atoms with E-state index in [9.17, 15) is 9.50 Å². The summed E-state index contributed by atoms with van der Waals surface area (Å²) in [7, 11) is 0. The topological polar surface area (TPSA) is 103 Å². The molecule has 0 unspecified atom stereocenters. The first-order valence-corrected chi connectivity index (χ1v) is 14.1. The van der Waals surface area contributed by atoms with E-state index in [4.69, 9.17) is 14.7 Å². The van der Waals surface area contributed by atoms with E-state index in [0.29, 0.717) is 54.9 Å². The van der Waals surface area contributed by atoms with Crippen molar-refractivity contribution in [1.82, 2.24) is 30.0 Å². The molecule has 3 atom stereocenters. The van der Waals surface area contributed by atoms with Gasteiger partial charge in [0, 0.05) is 37.0 Å². The number of benzene rings is 1. The number of rotatable bonds is 5. The van der Waals surface area contributed by atoms with Crippen LogP contribution in [0.2, 0.25) is 0 Å². The first-order chi connectivity index (χ1) is 19.3. The molecule has 0 radical (unpaired) electrons. The number of pyridine rings is 1. The summed E-state index contributed by atoms with van der Waals surface area (Å²) in [4.78, 5) is 18.3. The van der Waals surface area contributed by atoms with Crippen molar-refractivity contribution in [1.29, 1.82) is 0 Å². The Hall–Kier alpha value is -3.44. The molecule has 0 amide bonds. The molecule has 3 aromatic heterocycles. The van der Waals surface area contributed by atoms with E-state index in [1.54, 1.807) is 6.20 Å². The first-order valence-electron chi connectivity index (χ1n) is 14.1. The molecule has 1 aromatic carbocycles. The molecule has 210 valence electrons. The highest BCUT2D eigenvalue weighted by atomic mass is 19.1. The van der Waals surface area contributed by atoms with Gasteiger partial charge in [-0.1, -0.05) is 6.07 Å². The number of aryl methyl sites for hydroxylation is 2. The van der Waals surface area contributed by atoms with Crippen LogP contribution in [0.1, 0.15) is 43.4 Å². The summed E-state index contributed by atoms with van der Waals surface area (Å²) in [6.45, 7) is 6.31. The summed E-state index contributed by atoms with van der Waals surface area (Å²) in [5, 5.41) is 18.8. The number of ether oxygens (including phenoxy) is 1. The lowest BCUT2D eigenvalue weighted by atomic mass is 9.95. The predicted octanol–water partition coefficient (Wildman–Crippen LogP) is 4.24. The monoisotopic (exact) mass is 549 g/mol. The van der Waals surface area contributed by atoms with Crippen LogP contribution in [0.5, 0.6) is 6.01 Å². The third-order valence-corrected chi connectivity index (χ3v) is 8.92. The number of anilines is 1. The number of hydrogen-bond donors (Lipinski definition) is 2. The molecule has 6 heterocycles. The van der Waals surface area contributed by atoms with Gasteiger partial charge in [0.15, 0.2) is 5.82 Å². The SMILES string of the molecule is Cc1ccc2[nH]ncc2c1-c1nc(C)c2c(N3CCC[C@@H](O)C3)nc(OC[C@@]34CCCN3C[C@H](F)C4)nc2c1F. The lowest BCUT2D eigenvalue weighted by Crippen LogP contribution is -2.43. The molecule has 3 fully saturated rings. The molecule has 3 aliphatic rings. The number of hydrogen-bond acceptors (Lipinski definition) is 8. The first kappa shape index (κ1) is 25.5. The number of fused-ring (bicyclic) bond motifs is 3. The maximum Gasteiger partial charge on any atom is 0.319 e. The molecule has 3 saturated heterocycles. The van der Waals surface area contributed by atoms with Crippen LogP contribution < -0.4 is 9.64 Å². The van der Waals surface area contributed by atoms with E-state index in [1.807, 2.05) is 30.9 Å². The van der Waals surface area contributed by atoms with Gasteiger partial charge < -0.3 is 14.7 Å². The number of alkyl halides is 1. The second kappa shape index (κ2) is 9.59. The highest BCUT2D eigenvalue weighted by Crippen LogP contribution is 2.41. The van der Waals surface area contributed by atoms with Crippen molar-refractivity contribution in [3.8, 4) is 17.3 Å². The molecule has 3 aliphatic heterocycles. The number of H-pyrrole nitrogens is 1. The Bertz CT molecular complexity index is 1610. The summed E-state index contributed by atoms with van der Waals surface area (Å²) in [6.07, 6.45) is 4.04. The van der Waals surface area contributed by atoms with Crippen LogP contribution in [0.4, 0.5) is 14.6 Å². The highest BCUT2D eigenvalue weighted by Gasteiger charge is 2.49. The fourth-order valence-electron chi connectivity index (χ4n) is 7.00. The molecule has 0 bridgehead atoms. The largest absolute Gasteiger partial charge is 0.461 e. The molecule has 9 nitrogen and oxygen atoms in total. The van der Waals surface area contributed by atoms with Gasteiger partial charge in [-0.15, -0.1) is 0 Å². The van der Waals surface area contributed by atoms with Crippen molar-refractivity contribution in [3.63, 3.8) is 0 Å². The Morgan fingerprint density at radius 1 is 1.15 bits per heavy atom. The zero-order chi connectivity index (χ0) is 27.6. The highest BCUT2D eigenvalue weighted by molar-refractivity contribution is 5.99. The number of aromatic nitrogens is 5. The number of aromatic amines is 1. The average molecular weight is 550 g/mol. The van der Waals surface area contributed by atoms with Crippen LogP contribution in [0.15, 0.2) is 18.3 Å². The Morgan fingerprint density at radius 2 is 2.02 bits per heavy atom. The van der Waals surface area contributed by atoms with Gasteiger partial charge in [0.05, 0.1) is 34.4 Å². The minimum absolute atomic E-state index is 0.0554. The van der Waals surface area contributed by atoms with Crippen molar-refractivity contribution < 1.29 is 18.6 Å². The third-order valence-electron chi connectivity index (χ3n) is 8.92. The summed E-state index contributed by atoms with van der Waals surface area (Å²) >= 11 is 0. The molecule has 2 N–H and O–H groups in total. The van der Waals surface area contributed by atoms with Crippen LogP contribution in [-0.2, 0) is 0 Å². The van der Waals surface area contributed by atoms with E-state index < -0.39 is 18.1 Å². The van der Waals surface area contributed by atoms with Gasteiger partial charge in [0.25, 0.3) is 0 Å². The van der Waals surface area contributed by atoms with Gasteiger partial charge >= 0.3 is 6.01 Å². The van der Waals surface area contributed by atoms with Gasteiger partial charge in [-0.25, -0.2) is 13.8 Å². The number of aliphatic hydroxyl groups excluding tert-OH is 1. The van der Waals surface area contributed by atoms with Crippen LogP contribution in [0.3, 0.4) is 0 Å². The van der Waals surface area contributed by atoms with Crippen molar-refractivity contribution in [2.24, 2.45) is 0 Å². The van der Waals surface area contributed by atoms with E-state index >= 15 is 4.39 Å². The minimum atomic E-state index is -0.880. The second-order valence-electron chi connectivity index (χ2n) is 11.6. The van der Waals surface area contributed by atoms with Gasteiger partial charge in [0.2, 0.25) is 0 Å². The van der Waals surface area contributed by atoms with E-state index in [1.165, 1.54) is 0 Å². The predicted molar refractivity (Wildman–Crippen MR) is 148 cm³/mol. The Labute approximate surface area is 230 Å². The van der Waals surface area contributed by atoms with E-state index in [2.05, 4.69) is 20.1 Å². The Balaban J connectivity index is 1.37. The molecular weight excluding hydrogens is 516 g/mol. The van der Waals surface area contributed by atoms with Gasteiger partial charge in [-0.2, -0.15) is 15.1 Å². The van der Waals surface area contributed by atoms with Crippen LogP contribution in [-0.4, -0.2) is 85.8 Å². The fourth-order valence-corrected chi connectivity index (χ4v) is 7.00. The average Bonchev–Trinajstić information content (AvgIpc) is 3.63. The van der Waals surface area contributed by atoms with Gasteiger partial charge in [-0.3, -0.25) is 10.00 Å². The second-order valence-corrected chi connectivity index (χ2v) is 11.6. The number of piperidine rings is 1. The summed E-state index contributed by atoms with van der Waals surface area (Å²) in [5.41, 5.74) is 2.84. The maximum atomic E-state index is 16.6. The number of aliphatic hydroxyl groups is 1. The minimum Gasteiger partial charge on any atom is -0.461 e. The normalized spacial score (nSPS) is 25.3. The standard InChI is InChI=1S/C29H33F2N7O2/c1-16-6-7-21-20(12-32-36-21)22(16)25-24(31)26-23(17(2)33-25)27(37-9-3-5-19(39)14-37)35-28(34-26)40-15-29-8-4-10-38(29)13-18(30)11-29/h6-7,12,18-19,39H,3-5,8-11,13-15H2,1-2H3,(H,32,36)/t18-,19-,29+/m1/s1. The number of halogens is 2. The van der Waals surface area contributed by atoms with Gasteiger partial charge in [-0.05, 0) is 57.7 Å².